The summed E-state index contributed by atoms with van der Waals surface area (Å²) in [6.07, 6.45) is 1.51. The van der Waals surface area contributed by atoms with E-state index in [2.05, 4.69) is 0 Å². The van der Waals surface area contributed by atoms with Crippen molar-refractivity contribution in [3.8, 4) is 0 Å². The molecule has 0 saturated carbocycles. The molecule has 13 heavy (non-hydrogen) atoms. The second-order valence-electron chi connectivity index (χ2n) is 3.10. The van der Waals surface area contributed by atoms with E-state index in [1.807, 2.05) is 37.3 Å². The molecule has 0 saturated heterocycles. The van der Waals surface area contributed by atoms with Crippen LogP contribution >= 0.6 is 0 Å². The Balaban J connectivity index is 2.89. The molecular weight excluding hydrogens is 164 g/mol. The van der Waals surface area contributed by atoms with E-state index < -0.39 is 5.79 Å². The van der Waals surface area contributed by atoms with Gasteiger partial charge in [-0.05, 0) is 0 Å². The number of ether oxygens (including phenoxy) is 1. The van der Waals surface area contributed by atoms with Gasteiger partial charge in [0.25, 0.3) is 0 Å². The standard InChI is InChI=1S/C11H16O2/c1-3-9-11(12,13-2)10-7-5-4-6-8-10/h4-8,12H,3,9H2,1-2H3. The molecule has 2 nitrogen and oxygen atoms in total. The first-order chi connectivity index (χ1) is 6.23. The smallest absolute Gasteiger partial charge is 0.191 e. The zero-order valence-corrected chi connectivity index (χ0v) is 8.16. The lowest BCUT2D eigenvalue weighted by molar-refractivity contribution is -0.199. The first-order valence-corrected chi connectivity index (χ1v) is 4.56. The van der Waals surface area contributed by atoms with E-state index in [1.54, 1.807) is 0 Å². The monoisotopic (exact) mass is 180 g/mol. The third kappa shape index (κ3) is 2.29. The van der Waals surface area contributed by atoms with Crippen molar-refractivity contribution < 1.29 is 9.84 Å². The van der Waals surface area contributed by atoms with Crippen LogP contribution in [0.4, 0.5) is 0 Å². The minimum atomic E-state index is -1.12. The zero-order valence-electron chi connectivity index (χ0n) is 8.16. The molecule has 1 atom stereocenters. The number of rotatable bonds is 4. The fraction of sp³-hybridized carbons (Fsp3) is 0.455. The van der Waals surface area contributed by atoms with Gasteiger partial charge in [-0.15, -0.1) is 0 Å². The molecule has 0 spiro atoms. The Kier molecular flexibility index (Phi) is 3.46. The first-order valence-electron chi connectivity index (χ1n) is 4.56. The Bertz CT molecular complexity index is 246. The maximum atomic E-state index is 10.1. The van der Waals surface area contributed by atoms with Gasteiger partial charge in [-0.25, -0.2) is 0 Å². The molecule has 0 amide bonds. The van der Waals surface area contributed by atoms with Crippen molar-refractivity contribution in [2.75, 3.05) is 7.11 Å². The Hall–Kier alpha value is -0.860. The van der Waals surface area contributed by atoms with Gasteiger partial charge in [0, 0.05) is 19.1 Å². The highest BCUT2D eigenvalue weighted by Gasteiger charge is 2.26. The summed E-state index contributed by atoms with van der Waals surface area (Å²) in [6.45, 7) is 2.02. The van der Waals surface area contributed by atoms with E-state index in [0.29, 0.717) is 6.42 Å². The van der Waals surface area contributed by atoms with Crippen LogP contribution < -0.4 is 0 Å². The zero-order chi connectivity index (χ0) is 9.73. The summed E-state index contributed by atoms with van der Waals surface area (Å²) < 4.78 is 5.12. The summed E-state index contributed by atoms with van der Waals surface area (Å²) in [5.41, 5.74) is 0.819. The van der Waals surface area contributed by atoms with Crippen LogP contribution in [0.25, 0.3) is 0 Å². The lowest BCUT2D eigenvalue weighted by Crippen LogP contribution is -2.27. The van der Waals surface area contributed by atoms with Crippen molar-refractivity contribution in [3.05, 3.63) is 35.9 Å². The van der Waals surface area contributed by atoms with E-state index in [4.69, 9.17) is 4.74 Å². The summed E-state index contributed by atoms with van der Waals surface area (Å²) in [5.74, 6) is -1.12. The summed E-state index contributed by atoms with van der Waals surface area (Å²) in [6, 6.07) is 9.47. The molecule has 0 fully saturated rings. The number of hydrogen-bond acceptors (Lipinski definition) is 2. The second kappa shape index (κ2) is 4.40. The number of methoxy groups -OCH3 is 1. The number of hydrogen-bond donors (Lipinski definition) is 1. The third-order valence-electron chi connectivity index (χ3n) is 2.15. The molecule has 0 aliphatic heterocycles. The van der Waals surface area contributed by atoms with Gasteiger partial charge in [0.15, 0.2) is 5.79 Å². The van der Waals surface area contributed by atoms with Crippen molar-refractivity contribution in [1.82, 2.24) is 0 Å². The van der Waals surface area contributed by atoms with Crippen molar-refractivity contribution >= 4 is 0 Å². The van der Waals surface area contributed by atoms with Gasteiger partial charge in [-0.3, -0.25) is 0 Å². The summed E-state index contributed by atoms with van der Waals surface area (Å²) in [7, 11) is 1.53. The van der Waals surface area contributed by atoms with Gasteiger partial charge < -0.3 is 9.84 Å². The molecule has 1 unspecified atom stereocenters. The molecule has 1 rings (SSSR count). The minimum absolute atomic E-state index is 0.619. The molecule has 0 bridgehead atoms. The maximum Gasteiger partial charge on any atom is 0.191 e. The van der Waals surface area contributed by atoms with Gasteiger partial charge in [0.1, 0.15) is 0 Å². The lowest BCUT2D eigenvalue weighted by atomic mass is 10.0. The number of aliphatic hydroxyl groups is 1. The van der Waals surface area contributed by atoms with Crippen LogP contribution in [0.15, 0.2) is 30.3 Å². The van der Waals surface area contributed by atoms with Crippen LogP contribution in [0.5, 0.6) is 0 Å². The molecule has 1 N–H and O–H groups in total. The lowest BCUT2D eigenvalue weighted by Gasteiger charge is -2.26. The minimum Gasteiger partial charge on any atom is -0.362 e. The van der Waals surface area contributed by atoms with E-state index in [1.165, 1.54) is 7.11 Å². The summed E-state index contributed by atoms with van der Waals surface area (Å²) >= 11 is 0. The maximum absolute atomic E-state index is 10.1. The van der Waals surface area contributed by atoms with Gasteiger partial charge >= 0.3 is 0 Å². The summed E-state index contributed by atoms with van der Waals surface area (Å²) in [5, 5.41) is 10.1. The van der Waals surface area contributed by atoms with Crippen molar-refractivity contribution in [1.29, 1.82) is 0 Å². The van der Waals surface area contributed by atoms with Crippen LogP contribution in [-0.4, -0.2) is 12.2 Å². The third-order valence-corrected chi connectivity index (χ3v) is 2.15. The van der Waals surface area contributed by atoms with Crippen LogP contribution in [-0.2, 0) is 10.5 Å². The van der Waals surface area contributed by atoms with Gasteiger partial charge in [0.2, 0.25) is 0 Å². The molecule has 0 radical (unpaired) electrons. The molecule has 0 heterocycles. The molecule has 0 aromatic heterocycles. The van der Waals surface area contributed by atoms with E-state index in [0.717, 1.165) is 12.0 Å². The highest BCUT2D eigenvalue weighted by atomic mass is 16.6. The highest BCUT2D eigenvalue weighted by molar-refractivity contribution is 5.19. The topological polar surface area (TPSA) is 29.5 Å². The normalized spacial score (nSPS) is 15.3. The fourth-order valence-corrected chi connectivity index (χ4v) is 1.40. The van der Waals surface area contributed by atoms with Crippen LogP contribution in [0.2, 0.25) is 0 Å². The molecule has 0 aliphatic rings. The first kappa shape index (κ1) is 10.2. The van der Waals surface area contributed by atoms with E-state index in [9.17, 15) is 5.11 Å². The Morgan fingerprint density at radius 1 is 1.31 bits per heavy atom. The second-order valence-corrected chi connectivity index (χ2v) is 3.10. The van der Waals surface area contributed by atoms with Gasteiger partial charge in [0.05, 0.1) is 0 Å². The molecular formula is C11H16O2. The molecule has 72 valence electrons. The quantitative estimate of drug-likeness (QED) is 0.720. The van der Waals surface area contributed by atoms with Crippen LogP contribution in [0, 0.1) is 0 Å². The van der Waals surface area contributed by atoms with E-state index >= 15 is 0 Å². The predicted octanol–water partition coefficient (Wildman–Crippen LogP) is 2.28. The Labute approximate surface area is 79.2 Å². The Morgan fingerprint density at radius 3 is 2.38 bits per heavy atom. The average molecular weight is 180 g/mol. The van der Waals surface area contributed by atoms with Crippen molar-refractivity contribution in [2.24, 2.45) is 0 Å². The van der Waals surface area contributed by atoms with Crippen molar-refractivity contribution in [3.63, 3.8) is 0 Å². The fourth-order valence-electron chi connectivity index (χ4n) is 1.40. The van der Waals surface area contributed by atoms with Crippen molar-refractivity contribution in [2.45, 2.75) is 25.6 Å². The van der Waals surface area contributed by atoms with Gasteiger partial charge in [-0.2, -0.15) is 0 Å². The number of benzene rings is 1. The molecule has 1 aromatic rings. The predicted molar refractivity (Wildman–Crippen MR) is 52.3 cm³/mol. The van der Waals surface area contributed by atoms with Crippen LogP contribution in [0.1, 0.15) is 25.3 Å². The molecule has 1 aromatic carbocycles. The average Bonchev–Trinajstić information content (AvgIpc) is 2.19. The molecule has 0 aliphatic carbocycles. The largest absolute Gasteiger partial charge is 0.362 e. The Morgan fingerprint density at radius 2 is 1.92 bits per heavy atom. The highest BCUT2D eigenvalue weighted by Crippen LogP contribution is 2.26. The summed E-state index contributed by atoms with van der Waals surface area (Å²) in [4.78, 5) is 0. The van der Waals surface area contributed by atoms with E-state index in [-0.39, 0.29) is 0 Å². The van der Waals surface area contributed by atoms with Gasteiger partial charge in [-0.1, -0.05) is 43.7 Å². The van der Waals surface area contributed by atoms with Crippen LogP contribution in [0.3, 0.4) is 0 Å². The molecule has 2 heteroatoms. The SMILES string of the molecule is CCCC(O)(OC)c1ccccc1.